The molecule has 0 saturated carbocycles. The Morgan fingerprint density at radius 3 is 2.90 bits per heavy atom. The molecular formula is C18H19FO. The Labute approximate surface area is 119 Å². The number of rotatable bonds is 3. The summed E-state index contributed by atoms with van der Waals surface area (Å²) in [5, 5.41) is 0. The number of hydrogen-bond acceptors (Lipinski definition) is 1. The fraction of sp³-hybridized carbons (Fsp3) is 0.333. The van der Waals surface area contributed by atoms with E-state index in [9.17, 15) is 4.39 Å². The molecule has 0 spiro atoms. The SMILES string of the molecule is Cc1cc(OCC2CCCc3ccccc32)ccc1F. The molecule has 0 bridgehead atoms. The Kier molecular flexibility index (Phi) is 3.72. The van der Waals surface area contributed by atoms with E-state index in [1.807, 2.05) is 0 Å². The van der Waals surface area contributed by atoms with Crippen LogP contribution in [-0.4, -0.2) is 6.61 Å². The maximum absolute atomic E-state index is 13.2. The predicted octanol–water partition coefficient (Wildman–Crippen LogP) is 4.63. The molecule has 1 nitrogen and oxygen atoms in total. The summed E-state index contributed by atoms with van der Waals surface area (Å²) < 4.78 is 19.1. The highest BCUT2D eigenvalue weighted by Crippen LogP contribution is 2.32. The number of benzene rings is 2. The Morgan fingerprint density at radius 2 is 2.05 bits per heavy atom. The summed E-state index contributed by atoms with van der Waals surface area (Å²) in [7, 11) is 0. The molecule has 1 aliphatic carbocycles. The van der Waals surface area contributed by atoms with Crippen LogP contribution in [0.25, 0.3) is 0 Å². The molecule has 2 aromatic carbocycles. The molecule has 0 aromatic heterocycles. The second kappa shape index (κ2) is 5.66. The lowest BCUT2D eigenvalue weighted by atomic mass is 9.83. The van der Waals surface area contributed by atoms with E-state index in [2.05, 4.69) is 24.3 Å². The standard InChI is InChI=1S/C18H19FO/c1-13-11-16(9-10-18(13)19)20-12-15-7-4-6-14-5-2-3-8-17(14)15/h2-3,5,8-11,15H,4,6-7,12H2,1H3. The van der Waals surface area contributed by atoms with Gasteiger partial charge in [-0.05, 0) is 61.1 Å². The van der Waals surface area contributed by atoms with E-state index < -0.39 is 0 Å². The van der Waals surface area contributed by atoms with Crippen LogP contribution in [0.15, 0.2) is 42.5 Å². The van der Waals surface area contributed by atoms with Gasteiger partial charge in [-0.25, -0.2) is 4.39 Å². The van der Waals surface area contributed by atoms with Gasteiger partial charge in [0.2, 0.25) is 0 Å². The summed E-state index contributed by atoms with van der Waals surface area (Å²) in [4.78, 5) is 0. The van der Waals surface area contributed by atoms with Crippen molar-refractivity contribution < 1.29 is 9.13 Å². The van der Waals surface area contributed by atoms with Gasteiger partial charge in [-0.2, -0.15) is 0 Å². The van der Waals surface area contributed by atoms with Crippen LogP contribution in [0.3, 0.4) is 0 Å². The summed E-state index contributed by atoms with van der Waals surface area (Å²) in [6.07, 6.45) is 3.55. The van der Waals surface area contributed by atoms with Crippen LogP contribution in [0, 0.1) is 12.7 Å². The minimum atomic E-state index is -0.180. The van der Waals surface area contributed by atoms with Crippen LogP contribution in [0.5, 0.6) is 5.75 Å². The van der Waals surface area contributed by atoms with Gasteiger partial charge in [0, 0.05) is 5.92 Å². The first-order chi connectivity index (χ1) is 9.74. The van der Waals surface area contributed by atoms with Gasteiger partial charge in [-0.3, -0.25) is 0 Å². The zero-order valence-electron chi connectivity index (χ0n) is 11.7. The Bertz CT molecular complexity index is 606. The third-order valence-corrected chi connectivity index (χ3v) is 4.07. The molecule has 0 radical (unpaired) electrons. The van der Waals surface area contributed by atoms with Crippen LogP contribution in [0.4, 0.5) is 4.39 Å². The first-order valence-corrected chi connectivity index (χ1v) is 7.21. The van der Waals surface area contributed by atoms with Crippen molar-refractivity contribution in [1.82, 2.24) is 0 Å². The van der Waals surface area contributed by atoms with Crippen LogP contribution in [-0.2, 0) is 6.42 Å². The molecule has 0 amide bonds. The van der Waals surface area contributed by atoms with Crippen molar-refractivity contribution in [3.05, 3.63) is 65.0 Å². The van der Waals surface area contributed by atoms with Crippen molar-refractivity contribution >= 4 is 0 Å². The second-order valence-electron chi connectivity index (χ2n) is 5.51. The van der Waals surface area contributed by atoms with Gasteiger partial charge in [0.25, 0.3) is 0 Å². The molecule has 0 saturated heterocycles. The molecular weight excluding hydrogens is 251 g/mol. The third-order valence-electron chi connectivity index (χ3n) is 4.07. The first-order valence-electron chi connectivity index (χ1n) is 7.21. The normalized spacial score (nSPS) is 17.6. The molecule has 0 fully saturated rings. The highest BCUT2D eigenvalue weighted by atomic mass is 19.1. The lowest BCUT2D eigenvalue weighted by molar-refractivity contribution is 0.274. The lowest BCUT2D eigenvalue weighted by Crippen LogP contribution is -2.16. The Balaban J connectivity index is 1.71. The van der Waals surface area contributed by atoms with E-state index in [0.29, 0.717) is 18.1 Å². The molecule has 3 rings (SSSR count). The average molecular weight is 270 g/mol. The van der Waals surface area contributed by atoms with Crippen molar-refractivity contribution in [3.8, 4) is 5.75 Å². The van der Waals surface area contributed by atoms with Gasteiger partial charge in [-0.15, -0.1) is 0 Å². The van der Waals surface area contributed by atoms with Crippen molar-refractivity contribution in [2.75, 3.05) is 6.61 Å². The third kappa shape index (κ3) is 2.69. The first kappa shape index (κ1) is 13.2. The molecule has 1 aliphatic rings. The summed E-state index contributed by atoms with van der Waals surface area (Å²) in [5.74, 6) is 1.03. The smallest absolute Gasteiger partial charge is 0.126 e. The van der Waals surface area contributed by atoms with Gasteiger partial charge < -0.3 is 4.74 Å². The van der Waals surface area contributed by atoms with E-state index in [1.165, 1.54) is 30.0 Å². The quantitative estimate of drug-likeness (QED) is 0.790. The van der Waals surface area contributed by atoms with Crippen molar-refractivity contribution in [1.29, 1.82) is 0 Å². The van der Waals surface area contributed by atoms with E-state index in [0.717, 1.165) is 12.2 Å². The molecule has 1 unspecified atom stereocenters. The topological polar surface area (TPSA) is 9.23 Å². The van der Waals surface area contributed by atoms with Crippen LogP contribution in [0.1, 0.15) is 35.4 Å². The average Bonchev–Trinajstić information content (AvgIpc) is 2.48. The molecule has 2 aromatic rings. The fourth-order valence-corrected chi connectivity index (χ4v) is 2.93. The lowest BCUT2D eigenvalue weighted by Gasteiger charge is -2.25. The minimum Gasteiger partial charge on any atom is -0.493 e. The van der Waals surface area contributed by atoms with Crippen LogP contribution < -0.4 is 4.74 Å². The molecule has 104 valence electrons. The highest BCUT2D eigenvalue weighted by molar-refractivity contribution is 5.33. The van der Waals surface area contributed by atoms with Gasteiger partial charge in [-0.1, -0.05) is 24.3 Å². The van der Waals surface area contributed by atoms with E-state index in [1.54, 1.807) is 19.1 Å². The zero-order valence-corrected chi connectivity index (χ0v) is 11.7. The van der Waals surface area contributed by atoms with Crippen LogP contribution in [0.2, 0.25) is 0 Å². The van der Waals surface area contributed by atoms with Gasteiger partial charge >= 0.3 is 0 Å². The summed E-state index contributed by atoms with van der Waals surface area (Å²) in [6.45, 7) is 2.43. The number of ether oxygens (including phenoxy) is 1. The maximum Gasteiger partial charge on any atom is 0.126 e. The maximum atomic E-state index is 13.2. The molecule has 0 aliphatic heterocycles. The zero-order chi connectivity index (χ0) is 13.9. The van der Waals surface area contributed by atoms with Gasteiger partial charge in [0.1, 0.15) is 11.6 Å². The number of hydrogen-bond donors (Lipinski definition) is 0. The van der Waals surface area contributed by atoms with E-state index in [4.69, 9.17) is 4.74 Å². The number of aryl methyl sites for hydroxylation is 2. The molecule has 1 atom stereocenters. The Morgan fingerprint density at radius 1 is 1.20 bits per heavy atom. The molecule has 0 N–H and O–H groups in total. The molecule has 2 heteroatoms. The van der Waals surface area contributed by atoms with Crippen LogP contribution >= 0.6 is 0 Å². The van der Waals surface area contributed by atoms with Crippen molar-refractivity contribution in [2.45, 2.75) is 32.1 Å². The largest absolute Gasteiger partial charge is 0.493 e. The number of fused-ring (bicyclic) bond motifs is 1. The van der Waals surface area contributed by atoms with E-state index in [-0.39, 0.29) is 5.82 Å². The van der Waals surface area contributed by atoms with Gasteiger partial charge in [0.15, 0.2) is 0 Å². The fourth-order valence-electron chi connectivity index (χ4n) is 2.93. The predicted molar refractivity (Wildman–Crippen MR) is 78.8 cm³/mol. The van der Waals surface area contributed by atoms with Gasteiger partial charge in [0.05, 0.1) is 6.61 Å². The Hall–Kier alpha value is -1.83. The molecule has 20 heavy (non-hydrogen) atoms. The summed E-state index contributed by atoms with van der Waals surface area (Å²) >= 11 is 0. The monoisotopic (exact) mass is 270 g/mol. The minimum absolute atomic E-state index is 0.180. The second-order valence-corrected chi connectivity index (χ2v) is 5.51. The summed E-state index contributed by atoms with van der Waals surface area (Å²) in [5.41, 5.74) is 3.49. The summed E-state index contributed by atoms with van der Waals surface area (Å²) in [6, 6.07) is 13.6. The van der Waals surface area contributed by atoms with Crippen molar-refractivity contribution in [2.24, 2.45) is 0 Å². The number of halogens is 1. The highest BCUT2D eigenvalue weighted by Gasteiger charge is 2.20. The van der Waals surface area contributed by atoms with Crippen molar-refractivity contribution in [3.63, 3.8) is 0 Å². The molecule has 0 heterocycles. The van der Waals surface area contributed by atoms with E-state index >= 15 is 0 Å².